The maximum absolute atomic E-state index is 5.63. The standard InChI is InChI=1S/C10H23NO3Si/c1-5-10(15(4,12-2)13-3)11-6-8-14-9-7-11/h10H,5-9H2,1-4H3. The van der Waals surface area contributed by atoms with Gasteiger partial charge in [-0.3, -0.25) is 4.90 Å². The van der Waals surface area contributed by atoms with Gasteiger partial charge in [0.2, 0.25) is 0 Å². The van der Waals surface area contributed by atoms with Gasteiger partial charge in [-0.15, -0.1) is 0 Å². The Morgan fingerprint density at radius 2 is 1.80 bits per heavy atom. The summed E-state index contributed by atoms with van der Waals surface area (Å²) in [5, 5.41) is 0. The molecule has 0 bridgehead atoms. The van der Waals surface area contributed by atoms with E-state index in [1.165, 1.54) is 0 Å². The number of rotatable bonds is 5. The molecular formula is C10H23NO3Si. The van der Waals surface area contributed by atoms with Crippen LogP contribution in [-0.2, 0) is 13.6 Å². The molecule has 0 amide bonds. The monoisotopic (exact) mass is 233 g/mol. The quantitative estimate of drug-likeness (QED) is 0.663. The van der Waals surface area contributed by atoms with Crippen molar-refractivity contribution in [3.05, 3.63) is 0 Å². The minimum Gasteiger partial charge on any atom is -0.397 e. The van der Waals surface area contributed by atoms with Crippen LogP contribution < -0.4 is 0 Å². The second-order valence-corrected chi connectivity index (χ2v) is 7.51. The SMILES string of the molecule is CCC(N1CCOCC1)[Si](C)(OC)OC. The third kappa shape index (κ3) is 3.01. The van der Waals surface area contributed by atoms with Crippen LogP contribution in [0.25, 0.3) is 0 Å². The number of hydrogen-bond donors (Lipinski definition) is 0. The molecule has 1 rings (SSSR count). The van der Waals surface area contributed by atoms with Gasteiger partial charge in [-0.2, -0.15) is 0 Å². The van der Waals surface area contributed by atoms with Crippen LogP contribution in [0.4, 0.5) is 0 Å². The largest absolute Gasteiger partial charge is 0.397 e. The van der Waals surface area contributed by atoms with Crippen molar-refractivity contribution in [2.45, 2.75) is 25.6 Å². The molecule has 5 heteroatoms. The summed E-state index contributed by atoms with van der Waals surface area (Å²) in [4.78, 5) is 2.45. The fourth-order valence-corrected chi connectivity index (χ4v) is 4.58. The molecule has 1 unspecified atom stereocenters. The highest BCUT2D eigenvalue weighted by atomic mass is 28.4. The first-order chi connectivity index (χ1) is 7.18. The minimum absolute atomic E-state index is 0.427. The number of nitrogens with zero attached hydrogens (tertiary/aromatic N) is 1. The molecule has 0 aromatic heterocycles. The zero-order valence-corrected chi connectivity index (χ0v) is 11.3. The van der Waals surface area contributed by atoms with Gasteiger partial charge in [-0.1, -0.05) is 6.92 Å². The summed E-state index contributed by atoms with van der Waals surface area (Å²) < 4.78 is 16.6. The highest BCUT2D eigenvalue weighted by molar-refractivity contribution is 6.67. The molecule has 0 aliphatic carbocycles. The molecule has 1 aliphatic heterocycles. The zero-order chi connectivity index (χ0) is 11.3. The topological polar surface area (TPSA) is 30.9 Å². The van der Waals surface area contributed by atoms with Gasteiger partial charge in [0.1, 0.15) is 0 Å². The lowest BCUT2D eigenvalue weighted by Gasteiger charge is -2.41. The summed E-state index contributed by atoms with van der Waals surface area (Å²) >= 11 is 0. The van der Waals surface area contributed by atoms with E-state index in [1.807, 2.05) is 0 Å². The van der Waals surface area contributed by atoms with Crippen molar-refractivity contribution in [3.8, 4) is 0 Å². The Morgan fingerprint density at radius 1 is 1.27 bits per heavy atom. The zero-order valence-electron chi connectivity index (χ0n) is 10.3. The lowest BCUT2D eigenvalue weighted by Crippen LogP contribution is -2.59. The van der Waals surface area contributed by atoms with Crippen molar-refractivity contribution in [1.29, 1.82) is 0 Å². The molecule has 0 saturated carbocycles. The second-order valence-electron chi connectivity index (χ2n) is 4.00. The molecule has 1 aliphatic rings. The fourth-order valence-electron chi connectivity index (χ4n) is 2.21. The summed E-state index contributed by atoms with van der Waals surface area (Å²) in [6, 6.07) is 0. The van der Waals surface area contributed by atoms with Gasteiger partial charge < -0.3 is 13.6 Å². The molecule has 4 nitrogen and oxygen atoms in total. The molecule has 0 spiro atoms. The highest BCUT2D eigenvalue weighted by Crippen LogP contribution is 2.20. The van der Waals surface area contributed by atoms with E-state index >= 15 is 0 Å². The molecule has 0 N–H and O–H groups in total. The lowest BCUT2D eigenvalue weighted by molar-refractivity contribution is 0.0199. The first kappa shape index (κ1) is 13.1. The van der Waals surface area contributed by atoms with Gasteiger partial charge in [0.25, 0.3) is 0 Å². The van der Waals surface area contributed by atoms with Gasteiger partial charge >= 0.3 is 8.56 Å². The van der Waals surface area contributed by atoms with Crippen molar-refractivity contribution in [3.63, 3.8) is 0 Å². The first-order valence-corrected chi connectivity index (χ1v) is 7.99. The van der Waals surface area contributed by atoms with Crippen molar-refractivity contribution in [1.82, 2.24) is 4.90 Å². The van der Waals surface area contributed by atoms with Gasteiger partial charge in [-0.25, -0.2) is 0 Å². The molecule has 0 aromatic rings. The summed E-state index contributed by atoms with van der Waals surface area (Å²) in [5.41, 5.74) is 0.427. The first-order valence-electron chi connectivity index (χ1n) is 5.60. The maximum Gasteiger partial charge on any atom is 0.352 e. The Morgan fingerprint density at radius 3 is 2.20 bits per heavy atom. The molecule has 0 aromatic carbocycles. The van der Waals surface area contributed by atoms with Crippen LogP contribution in [0, 0.1) is 0 Å². The van der Waals surface area contributed by atoms with E-state index in [4.69, 9.17) is 13.6 Å². The van der Waals surface area contributed by atoms with Crippen LogP contribution in [0.2, 0.25) is 6.55 Å². The number of ether oxygens (including phenoxy) is 1. The molecule has 1 fully saturated rings. The van der Waals surface area contributed by atoms with Crippen LogP contribution in [0.15, 0.2) is 0 Å². The summed E-state index contributed by atoms with van der Waals surface area (Å²) in [5.74, 6) is 0. The van der Waals surface area contributed by atoms with Gasteiger partial charge in [0.15, 0.2) is 0 Å². The normalized spacial score (nSPS) is 21.6. The van der Waals surface area contributed by atoms with Crippen molar-refractivity contribution in [2.24, 2.45) is 0 Å². The van der Waals surface area contributed by atoms with Crippen molar-refractivity contribution < 1.29 is 13.6 Å². The van der Waals surface area contributed by atoms with Crippen LogP contribution in [0.1, 0.15) is 13.3 Å². The summed E-state index contributed by atoms with van der Waals surface area (Å²) in [7, 11) is 1.48. The highest BCUT2D eigenvalue weighted by Gasteiger charge is 2.42. The lowest BCUT2D eigenvalue weighted by atomic mass is 10.3. The van der Waals surface area contributed by atoms with Crippen LogP contribution in [0.3, 0.4) is 0 Å². The molecular weight excluding hydrogens is 210 g/mol. The molecule has 15 heavy (non-hydrogen) atoms. The van der Waals surface area contributed by atoms with Gasteiger partial charge in [-0.05, 0) is 13.0 Å². The fraction of sp³-hybridized carbons (Fsp3) is 1.00. The molecule has 1 saturated heterocycles. The Bertz CT molecular complexity index is 182. The Labute approximate surface area is 93.7 Å². The average molecular weight is 233 g/mol. The van der Waals surface area contributed by atoms with Crippen molar-refractivity contribution in [2.75, 3.05) is 40.5 Å². The predicted octanol–water partition coefficient (Wildman–Crippen LogP) is 1.00. The number of hydrogen-bond acceptors (Lipinski definition) is 4. The molecule has 0 radical (unpaired) electrons. The Hall–Kier alpha value is 0.0569. The number of morpholine rings is 1. The second kappa shape index (κ2) is 5.96. The smallest absolute Gasteiger partial charge is 0.352 e. The van der Waals surface area contributed by atoms with Crippen LogP contribution in [-0.4, -0.2) is 59.6 Å². The summed E-state index contributed by atoms with van der Waals surface area (Å²) in [6.07, 6.45) is 1.07. The van der Waals surface area contributed by atoms with E-state index in [2.05, 4.69) is 18.4 Å². The van der Waals surface area contributed by atoms with E-state index in [-0.39, 0.29) is 0 Å². The summed E-state index contributed by atoms with van der Waals surface area (Å²) in [6.45, 7) is 7.98. The Kier molecular flexibility index (Phi) is 5.21. The average Bonchev–Trinajstić information content (AvgIpc) is 2.31. The predicted molar refractivity (Wildman–Crippen MR) is 62.1 cm³/mol. The maximum atomic E-state index is 5.63. The van der Waals surface area contributed by atoms with Crippen LogP contribution in [0.5, 0.6) is 0 Å². The van der Waals surface area contributed by atoms with Crippen LogP contribution >= 0.6 is 0 Å². The van der Waals surface area contributed by atoms with E-state index in [9.17, 15) is 0 Å². The third-order valence-corrected chi connectivity index (χ3v) is 6.89. The van der Waals surface area contributed by atoms with Gasteiger partial charge in [0.05, 0.1) is 18.9 Å². The Balaban J connectivity index is 2.67. The molecule has 1 heterocycles. The van der Waals surface area contributed by atoms with Gasteiger partial charge in [0, 0.05) is 27.3 Å². The van der Waals surface area contributed by atoms with E-state index in [0.29, 0.717) is 5.67 Å². The van der Waals surface area contributed by atoms with Crippen molar-refractivity contribution >= 4 is 8.56 Å². The third-order valence-electron chi connectivity index (χ3n) is 3.29. The molecule has 1 atom stereocenters. The minimum atomic E-state index is -2.04. The van der Waals surface area contributed by atoms with E-state index in [1.54, 1.807) is 14.2 Å². The van der Waals surface area contributed by atoms with E-state index in [0.717, 1.165) is 32.7 Å². The van der Waals surface area contributed by atoms with E-state index < -0.39 is 8.56 Å². The molecule has 90 valence electrons.